The summed E-state index contributed by atoms with van der Waals surface area (Å²) in [5.41, 5.74) is 2.61. The van der Waals surface area contributed by atoms with Crippen LogP contribution in [0.3, 0.4) is 0 Å². The zero-order valence-corrected chi connectivity index (χ0v) is 21.6. The Kier molecular flexibility index (Phi) is 7.77. The van der Waals surface area contributed by atoms with Gasteiger partial charge in [-0.25, -0.2) is 4.98 Å². The molecule has 4 aromatic rings. The van der Waals surface area contributed by atoms with Gasteiger partial charge in [0, 0.05) is 11.8 Å². The molecule has 0 amide bonds. The van der Waals surface area contributed by atoms with Gasteiger partial charge in [0.15, 0.2) is 5.82 Å². The third kappa shape index (κ3) is 5.47. The van der Waals surface area contributed by atoms with Crippen molar-refractivity contribution < 1.29 is 49.0 Å². The van der Waals surface area contributed by atoms with Crippen LogP contribution in [0.15, 0.2) is 72.8 Å². The van der Waals surface area contributed by atoms with Crippen LogP contribution in [0.5, 0.6) is 5.75 Å². The van der Waals surface area contributed by atoms with Crippen molar-refractivity contribution >= 4 is 35.1 Å². The SMILES string of the molecule is Cc1ccc(C(=O)c2nc3ccccc3n2/C=C/c2ccc(OC(C)(C)C(=O)[O-])cc2)cc1.[Na+]. The van der Waals surface area contributed by atoms with Crippen LogP contribution in [0.25, 0.3) is 23.3 Å². The summed E-state index contributed by atoms with van der Waals surface area (Å²) in [5, 5.41) is 11.2. The van der Waals surface area contributed by atoms with E-state index < -0.39 is 11.6 Å². The molecule has 1 heterocycles. The number of carbonyl (C=O) groups excluding carboxylic acids is 2. The van der Waals surface area contributed by atoms with E-state index in [1.165, 1.54) is 13.8 Å². The molecule has 0 saturated heterocycles. The number of ketones is 1. The number of hydrogen-bond donors (Lipinski definition) is 0. The van der Waals surface area contributed by atoms with Crippen molar-refractivity contribution in [3.8, 4) is 5.75 Å². The molecule has 6 nitrogen and oxygen atoms in total. The molecular formula is C27H23N2NaO4. The van der Waals surface area contributed by atoms with Gasteiger partial charge < -0.3 is 14.6 Å². The summed E-state index contributed by atoms with van der Waals surface area (Å²) in [6.45, 7) is 4.85. The summed E-state index contributed by atoms with van der Waals surface area (Å²) in [6, 6.07) is 22.0. The maximum atomic E-state index is 13.2. The van der Waals surface area contributed by atoms with Crippen LogP contribution in [0.2, 0.25) is 0 Å². The molecule has 0 fully saturated rings. The third-order valence-electron chi connectivity index (χ3n) is 5.27. The van der Waals surface area contributed by atoms with E-state index in [0.717, 1.165) is 22.2 Å². The molecule has 7 heteroatoms. The molecule has 0 spiro atoms. The first kappa shape index (κ1) is 25.4. The van der Waals surface area contributed by atoms with Crippen LogP contribution in [-0.4, -0.2) is 26.9 Å². The van der Waals surface area contributed by atoms with Gasteiger partial charge in [-0.05, 0) is 56.7 Å². The molecule has 0 radical (unpaired) electrons. The average Bonchev–Trinajstić information content (AvgIpc) is 3.17. The Morgan fingerprint density at radius 3 is 2.26 bits per heavy atom. The molecule has 0 saturated carbocycles. The van der Waals surface area contributed by atoms with Crippen LogP contribution in [-0.2, 0) is 4.79 Å². The number of benzene rings is 3. The van der Waals surface area contributed by atoms with Gasteiger partial charge in [0.05, 0.1) is 17.0 Å². The van der Waals surface area contributed by atoms with E-state index in [1.54, 1.807) is 47.2 Å². The number of ether oxygens (including phenoxy) is 1. The number of para-hydroxylation sites is 2. The summed E-state index contributed by atoms with van der Waals surface area (Å²) in [6.07, 6.45) is 3.66. The first-order valence-electron chi connectivity index (χ1n) is 10.5. The van der Waals surface area contributed by atoms with Crippen LogP contribution in [0.1, 0.15) is 41.2 Å². The van der Waals surface area contributed by atoms with Gasteiger partial charge in [0.25, 0.3) is 0 Å². The van der Waals surface area contributed by atoms with Gasteiger partial charge in [0.2, 0.25) is 5.78 Å². The normalized spacial score (nSPS) is 11.4. The van der Waals surface area contributed by atoms with E-state index in [2.05, 4.69) is 4.98 Å². The summed E-state index contributed by atoms with van der Waals surface area (Å²) < 4.78 is 7.27. The summed E-state index contributed by atoms with van der Waals surface area (Å²) in [7, 11) is 0. The fourth-order valence-corrected chi connectivity index (χ4v) is 3.33. The van der Waals surface area contributed by atoms with E-state index in [9.17, 15) is 14.7 Å². The molecule has 0 aliphatic carbocycles. The molecule has 3 aromatic carbocycles. The maximum absolute atomic E-state index is 13.2. The Balaban J connectivity index is 0.00000324. The van der Waals surface area contributed by atoms with Gasteiger partial charge in [-0.2, -0.15) is 0 Å². The van der Waals surface area contributed by atoms with Crippen molar-refractivity contribution in [3.05, 3.63) is 95.3 Å². The topological polar surface area (TPSA) is 84.2 Å². The van der Waals surface area contributed by atoms with Gasteiger partial charge in [-0.15, -0.1) is 0 Å². The second-order valence-electron chi connectivity index (χ2n) is 8.27. The quantitative estimate of drug-likeness (QED) is 0.304. The molecule has 0 unspecified atom stereocenters. The number of imidazole rings is 1. The van der Waals surface area contributed by atoms with E-state index in [0.29, 0.717) is 17.1 Å². The molecule has 0 aliphatic heterocycles. The van der Waals surface area contributed by atoms with Crippen molar-refractivity contribution in [2.75, 3.05) is 0 Å². The van der Waals surface area contributed by atoms with Gasteiger partial charge in [-0.3, -0.25) is 9.36 Å². The van der Waals surface area contributed by atoms with E-state index in [1.807, 2.05) is 49.4 Å². The average molecular weight is 462 g/mol. The van der Waals surface area contributed by atoms with Crippen molar-refractivity contribution in [1.82, 2.24) is 9.55 Å². The minimum atomic E-state index is -1.43. The fourth-order valence-electron chi connectivity index (χ4n) is 3.33. The predicted molar refractivity (Wildman–Crippen MR) is 126 cm³/mol. The second-order valence-corrected chi connectivity index (χ2v) is 8.27. The third-order valence-corrected chi connectivity index (χ3v) is 5.27. The van der Waals surface area contributed by atoms with E-state index in [4.69, 9.17) is 4.74 Å². The summed E-state index contributed by atoms with van der Waals surface area (Å²) >= 11 is 0. The smallest absolute Gasteiger partial charge is 0.546 e. The zero-order valence-electron chi connectivity index (χ0n) is 19.6. The number of hydrogen-bond acceptors (Lipinski definition) is 5. The molecule has 1 aromatic heterocycles. The standard InChI is InChI=1S/C27H24N2O4.Na/c1-18-8-12-20(13-9-18)24(30)25-28-22-6-4-5-7-23(22)29(25)17-16-19-10-14-21(15-11-19)33-27(2,3)26(31)32;/h4-17H,1-3H3,(H,31,32);/q;+1/p-1/b17-16+;. The summed E-state index contributed by atoms with van der Waals surface area (Å²) in [4.78, 5) is 28.9. The first-order chi connectivity index (χ1) is 15.7. The number of carboxylic acids is 1. The van der Waals surface area contributed by atoms with Crippen LogP contribution >= 0.6 is 0 Å². The zero-order chi connectivity index (χ0) is 23.6. The number of nitrogens with zero attached hydrogens (tertiary/aromatic N) is 2. The number of carboxylic acid groups (broad SMARTS) is 1. The molecule has 0 atom stereocenters. The van der Waals surface area contributed by atoms with Crippen molar-refractivity contribution in [2.24, 2.45) is 0 Å². The predicted octanol–water partition coefficient (Wildman–Crippen LogP) is 1.11. The number of fused-ring (bicyclic) bond motifs is 1. The van der Waals surface area contributed by atoms with Crippen LogP contribution < -0.4 is 39.4 Å². The van der Waals surface area contributed by atoms with E-state index in [-0.39, 0.29) is 35.3 Å². The molecule has 34 heavy (non-hydrogen) atoms. The maximum Gasteiger partial charge on any atom is 1.00 e. The molecule has 4 rings (SSSR count). The van der Waals surface area contributed by atoms with Gasteiger partial charge >= 0.3 is 29.6 Å². The molecule has 0 N–H and O–H groups in total. The Bertz CT molecular complexity index is 1350. The first-order valence-corrected chi connectivity index (χ1v) is 10.5. The molecule has 0 bridgehead atoms. The van der Waals surface area contributed by atoms with Crippen molar-refractivity contribution in [1.29, 1.82) is 0 Å². The number of rotatable bonds is 7. The fraction of sp³-hybridized carbons (Fsp3) is 0.148. The largest absolute Gasteiger partial charge is 1.00 e. The summed E-state index contributed by atoms with van der Waals surface area (Å²) in [5.74, 6) is -0.704. The van der Waals surface area contributed by atoms with Crippen LogP contribution in [0, 0.1) is 6.92 Å². The van der Waals surface area contributed by atoms with Crippen molar-refractivity contribution in [3.63, 3.8) is 0 Å². The Morgan fingerprint density at radius 1 is 0.971 bits per heavy atom. The minimum Gasteiger partial charge on any atom is -0.546 e. The second kappa shape index (κ2) is 10.4. The number of aliphatic carboxylic acids is 1. The molecular weight excluding hydrogens is 439 g/mol. The van der Waals surface area contributed by atoms with Gasteiger partial charge in [-0.1, -0.05) is 54.1 Å². The number of aryl methyl sites for hydroxylation is 1. The Labute approximate surface area is 220 Å². The number of aromatic nitrogens is 2. The van der Waals surface area contributed by atoms with E-state index >= 15 is 0 Å². The van der Waals surface area contributed by atoms with Crippen LogP contribution in [0.4, 0.5) is 0 Å². The van der Waals surface area contributed by atoms with Gasteiger partial charge in [0.1, 0.15) is 11.4 Å². The monoisotopic (exact) mass is 462 g/mol. The Morgan fingerprint density at radius 2 is 1.62 bits per heavy atom. The molecule has 166 valence electrons. The number of carbonyl (C=O) groups is 2. The molecule has 0 aliphatic rings. The minimum absolute atomic E-state index is 0. The Hall–Kier alpha value is -3.19. The van der Waals surface area contributed by atoms with Crippen molar-refractivity contribution in [2.45, 2.75) is 26.4 Å².